The fraction of sp³-hybridized carbons (Fsp3) is 0.538. The number of piperidine rings is 1. The first-order chi connectivity index (χ1) is 7.90. The highest BCUT2D eigenvalue weighted by Crippen LogP contribution is 2.43. The lowest BCUT2D eigenvalue weighted by Crippen LogP contribution is -2.46. The quantitative estimate of drug-likeness (QED) is 0.782. The molecule has 1 fully saturated rings. The summed E-state index contributed by atoms with van der Waals surface area (Å²) in [6.45, 7) is 1.88. The highest BCUT2D eigenvalue weighted by Gasteiger charge is 2.33. The molecule has 3 rings (SSSR count). The van der Waals surface area contributed by atoms with Crippen molar-refractivity contribution in [2.45, 2.75) is 24.8 Å². The molecule has 16 heavy (non-hydrogen) atoms. The molecule has 0 saturated carbocycles. The fourth-order valence-electron chi connectivity index (χ4n) is 2.81. The minimum absolute atomic E-state index is 0.480. The molecule has 86 valence electrons. The van der Waals surface area contributed by atoms with Crippen molar-refractivity contribution in [1.82, 2.24) is 5.32 Å². The van der Waals surface area contributed by atoms with Crippen molar-refractivity contribution in [2.75, 3.05) is 20.3 Å². The summed E-state index contributed by atoms with van der Waals surface area (Å²) in [5.41, 5.74) is 1.31. The van der Waals surface area contributed by atoms with Gasteiger partial charge in [-0.05, 0) is 25.5 Å². The van der Waals surface area contributed by atoms with Gasteiger partial charge in [0, 0.05) is 17.5 Å². The standard InChI is InChI=1S/C13H17NO2/c1-15-12-6-2-4-10-9-5-3-7-14-11(9)8-16-13(10)12/h2,4,6,9,11,14H,3,5,7-8H2,1H3/t9-,11-/m1/s1. The Labute approximate surface area is 95.8 Å². The Bertz CT molecular complexity index is 392. The van der Waals surface area contributed by atoms with Gasteiger partial charge in [0.15, 0.2) is 11.5 Å². The third kappa shape index (κ3) is 1.47. The number of rotatable bonds is 1. The molecule has 0 amide bonds. The Morgan fingerprint density at radius 2 is 2.38 bits per heavy atom. The Morgan fingerprint density at radius 3 is 3.25 bits per heavy atom. The van der Waals surface area contributed by atoms with Crippen LogP contribution < -0.4 is 14.8 Å². The molecule has 0 aliphatic carbocycles. The minimum atomic E-state index is 0.480. The first-order valence-corrected chi connectivity index (χ1v) is 5.93. The van der Waals surface area contributed by atoms with E-state index < -0.39 is 0 Å². The lowest BCUT2D eigenvalue weighted by Gasteiger charge is -2.38. The molecule has 2 aliphatic rings. The predicted octanol–water partition coefficient (Wildman–Crippen LogP) is 1.92. The molecule has 2 aliphatic heterocycles. The second-order valence-electron chi connectivity index (χ2n) is 4.50. The number of hydrogen-bond acceptors (Lipinski definition) is 3. The molecule has 0 radical (unpaired) electrons. The van der Waals surface area contributed by atoms with Crippen LogP contribution in [0, 0.1) is 0 Å². The predicted molar refractivity (Wildman–Crippen MR) is 62.3 cm³/mol. The summed E-state index contributed by atoms with van der Waals surface area (Å²) in [5, 5.41) is 3.53. The van der Waals surface area contributed by atoms with Gasteiger partial charge in [-0.15, -0.1) is 0 Å². The van der Waals surface area contributed by atoms with Crippen molar-refractivity contribution in [3.05, 3.63) is 23.8 Å². The molecule has 1 aromatic rings. The zero-order valence-electron chi connectivity index (χ0n) is 9.53. The van der Waals surface area contributed by atoms with Crippen LogP contribution in [0.3, 0.4) is 0 Å². The van der Waals surface area contributed by atoms with E-state index in [0.717, 1.165) is 24.7 Å². The van der Waals surface area contributed by atoms with Crippen LogP contribution in [0.5, 0.6) is 11.5 Å². The second-order valence-corrected chi connectivity index (χ2v) is 4.50. The minimum Gasteiger partial charge on any atom is -0.493 e. The number of hydrogen-bond donors (Lipinski definition) is 1. The Morgan fingerprint density at radius 1 is 1.44 bits per heavy atom. The van der Waals surface area contributed by atoms with Crippen LogP contribution >= 0.6 is 0 Å². The van der Waals surface area contributed by atoms with Crippen LogP contribution in [0.2, 0.25) is 0 Å². The highest BCUT2D eigenvalue weighted by atomic mass is 16.5. The summed E-state index contributed by atoms with van der Waals surface area (Å²) in [6, 6.07) is 6.67. The van der Waals surface area contributed by atoms with Crippen molar-refractivity contribution in [1.29, 1.82) is 0 Å². The van der Waals surface area contributed by atoms with Crippen LogP contribution in [0.4, 0.5) is 0 Å². The average Bonchev–Trinajstić information content (AvgIpc) is 2.37. The largest absolute Gasteiger partial charge is 0.493 e. The molecule has 0 bridgehead atoms. The molecule has 3 heteroatoms. The molecule has 0 aromatic heterocycles. The summed E-state index contributed by atoms with van der Waals surface area (Å²) in [6.07, 6.45) is 2.50. The second kappa shape index (κ2) is 3.98. The Balaban J connectivity index is 2.01. The molecule has 2 heterocycles. The van der Waals surface area contributed by atoms with Crippen molar-refractivity contribution in [3.8, 4) is 11.5 Å². The molecule has 2 atom stereocenters. The molecule has 1 saturated heterocycles. The number of methoxy groups -OCH3 is 1. The molecule has 3 nitrogen and oxygen atoms in total. The van der Waals surface area contributed by atoms with E-state index in [2.05, 4.69) is 17.4 Å². The number of benzene rings is 1. The zero-order chi connectivity index (χ0) is 11.0. The van der Waals surface area contributed by atoms with Crippen LogP contribution in [0.1, 0.15) is 24.3 Å². The van der Waals surface area contributed by atoms with Gasteiger partial charge >= 0.3 is 0 Å². The summed E-state index contributed by atoms with van der Waals surface area (Å²) < 4.78 is 11.2. The normalized spacial score (nSPS) is 27.6. The maximum Gasteiger partial charge on any atom is 0.164 e. The van der Waals surface area contributed by atoms with E-state index in [1.54, 1.807) is 7.11 Å². The van der Waals surface area contributed by atoms with Gasteiger partial charge in [-0.2, -0.15) is 0 Å². The van der Waals surface area contributed by atoms with Crippen LogP contribution in [-0.2, 0) is 0 Å². The van der Waals surface area contributed by atoms with Gasteiger partial charge in [-0.25, -0.2) is 0 Å². The summed E-state index contributed by atoms with van der Waals surface area (Å²) in [4.78, 5) is 0. The maximum absolute atomic E-state index is 5.83. The molecule has 0 unspecified atom stereocenters. The Hall–Kier alpha value is -1.22. The molecule has 1 aromatic carbocycles. The van der Waals surface area contributed by atoms with Gasteiger partial charge in [0.1, 0.15) is 6.61 Å². The summed E-state index contributed by atoms with van der Waals surface area (Å²) in [5.74, 6) is 2.41. The Kier molecular flexibility index (Phi) is 2.48. The smallest absolute Gasteiger partial charge is 0.164 e. The van der Waals surface area contributed by atoms with Crippen LogP contribution in [0.25, 0.3) is 0 Å². The van der Waals surface area contributed by atoms with E-state index in [-0.39, 0.29) is 0 Å². The summed E-state index contributed by atoms with van der Waals surface area (Å²) in [7, 11) is 1.70. The van der Waals surface area contributed by atoms with E-state index in [1.807, 2.05) is 6.07 Å². The molecule has 1 N–H and O–H groups in total. The highest BCUT2D eigenvalue weighted by molar-refractivity contribution is 5.50. The third-order valence-electron chi connectivity index (χ3n) is 3.62. The van der Waals surface area contributed by atoms with Gasteiger partial charge in [0.05, 0.1) is 7.11 Å². The fourth-order valence-corrected chi connectivity index (χ4v) is 2.81. The van der Waals surface area contributed by atoms with Crippen molar-refractivity contribution < 1.29 is 9.47 Å². The molecule has 0 spiro atoms. The molecular weight excluding hydrogens is 202 g/mol. The lowest BCUT2D eigenvalue weighted by molar-refractivity contribution is 0.183. The van der Waals surface area contributed by atoms with Gasteiger partial charge in [-0.1, -0.05) is 12.1 Å². The maximum atomic E-state index is 5.83. The van der Waals surface area contributed by atoms with E-state index in [0.29, 0.717) is 12.0 Å². The average molecular weight is 219 g/mol. The SMILES string of the molecule is COc1cccc2c1OC[C@H]1NCCC[C@H]21. The number of para-hydroxylation sites is 1. The van der Waals surface area contributed by atoms with Crippen molar-refractivity contribution in [2.24, 2.45) is 0 Å². The van der Waals surface area contributed by atoms with Gasteiger partial charge in [-0.3, -0.25) is 0 Å². The topological polar surface area (TPSA) is 30.5 Å². The van der Waals surface area contributed by atoms with Gasteiger partial charge in [0.2, 0.25) is 0 Å². The van der Waals surface area contributed by atoms with Gasteiger partial charge < -0.3 is 14.8 Å². The lowest BCUT2D eigenvalue weighted by atomic mass is 9.83. The number of nitrogens with one attached hydrogen (secondary N) is 1. The monoisotopic (exact) mass is 219 g/mol. The van der Waals surface area contributed by atoms with E-state index in [9.17, 15) is 0 Å². The first-order valence-electron chi connectivity index (χ1n) is 5.93. The van der Waals surface area contributed by atoms with E-state index in [1.165, 1.54) is 18.4 Å². The zero-order valence-corrected chi connectivity index (χ0v) is 9.53. The van der Waals surface area contributed by atoms with E-state index in [4.69, 9.17) is 9.47 Å². The van der Waals surface area contributed by atoms with Crippen LogP contribution in [0.15, 0.2) is 18.2 Å². The number of fused-ring (bicyclic) bond motifs is 3. The third-order valence-corrected chi connectivity index (χ3v) is 3.62. The van der Waals surface area contributed by atoms with Crippen molar-refractivity contribution in [3.63, 3.8) is 0 Å². The van der Waals surface area contributed by atoms with Crippen molar-refractivity contribution >= 4 is 0 Å². The summed E-state index contributed by atoms with van der Waals surface area (Å²) >= 11 is 0. The van der Waals surface area contributed by atoms with Gasteiger partial charge in [0.25, 0.3) is 0 Å². The van der Waals surface area contributed by atoms with E-state index >= 15 is 0 Å². The van der Waals surface area contributed by atoms with Crippen LogP contribution in [-0.4, -0.2) is 26.3 Å². The number of ether oxygens (including phenoxy) is 2. The molecular formula is C13H17NO2. The first kappa shape index (κ1) is 9.97.